The van der Waals surface area contributed by atoms with Crippen LogP contribution in [-0.4, -0.2) is 45.8 Å². The van der Waals surface area contributed by atoms with Gasteiger partial charge in [0.2, 0.25) is 10.0 Å². The summed E-state index contributed by atoms with van der Waals surface area (Å²) in [5.41, 5.74) is 0.299. The number of hydrogen-bond donors (Lipinski definition) is 2. The number of rotatable bonds is 6. The third-order valence-electron chi connectivity index (χ3n) is 2.62. The third kappa shape index (κ3) is 3.59. The number of nitrogens with zero attached hydrogens (tertiary/aromatic N) is 1. The van der Waals surface area contributed by atoms with Gasteiger partial charge in [0.25, 0.3) is 0 Å². The van der Waals surface area contributed by atoms with E-state index < -0.39 is 42.6 Å². The predicted molar refractivity (Wildman–Crippen MR) is 82.2 cm³/mol. The maximum Gasteiger partial charge on any atom is 0.215 e. The maximum atomic E-state index is 12.0. The van der Waals surface area contributed by atoms with Crippen LogP contribution in [0.5, 0.6) is 0 Å². The summed E-state index contributed by atoms with van der Waals surface area (Å²) in [4.78, 5) is 3.06. The van der Waals surface area contributed by atoms with Crippen LogP contribution in [-0.2, 0) is 22.1 Å². The molecule has 0 saturated carbocycles. The highest BCUT2D eigenvalue weighted by Gasteiger charge is 2.11. The zero-order chi connectivity index (χ0) is 23.3. The van der Waals surface area contributed by atoms with Crippen LogP contribution in [0.3, 0.4) is 0 Å². The average Bonchev–Trinajstić information content (AvgIpc) is 2.93. The van der Waals surface area contributed by atoms with Gasteiger partial charge < -0.3 is 9.88 Å². The van der Waals surface area contributed by atoms with Crippen molar-refractivity contribution in [1.82, 2.24) is 14.6 Å². The van der Waals surface area contributed by atoms with Crippen molar-refractivity contribution in [3.05, 3.63) is 35.5 Å². The summed E-state index contributed by atoms with van der Waals surface area (Å²) in [6, 6.07) is 4.14. The SMILES string of the molecule is [2H]C([2H])([2H])NS(=O)(=O)Cc1ccc2[nH]cc(C([2H])([2H])C([2H])([2H])N(C)C([2H])([2H])[2H])c2c1. The number of benzene rings is 1. The van der Waals surface area contributed by atoms with Crippen LogP contribution < -0.4 is 4.72 Å². The van der Waals surface area contributed by atoms with Gasteiger partial charge in [-0.25, -0.2) is 13.1 Å². The van der Waals surface area contributed by atoms with Gasteiger partial charge in [-0.2, -0.15) is 0 Å². The van der Waals surface area contributed by atoms with E-state index in [4.69, 9.17) is 13.7 Å². The molecule has 5 nitrogen and oxygen atoms in total. The van der Waals surface area contributed by atoms with Gasteiger partial charge in [0.05, 0.1) is 5.75 Å². The Labute approximate surface area is 134 Å². The van der Waals surface area contributed by atoms with Gasteiger partial charge in [-0.15, -0.1) is 0 Å². The number of nitrogens with one attached hydrogen (secondary N) is 2. The third-order valence-corrected chi connectivity index (χ3v) is 3.64. The standard InChI is InChI=1S/C14H21N3O2S/c1-15-20(18,19)10-11-4-5-14-13(8-11)12(9-16-14)6-7-17(2)3/h4-5,8-9,15-16H,6-7,10H2,1-3H3/i1D3,2D3,6D2,7D2. The number of aryl methyl sites for hydroxylation is 1. The normalized spacial score (nSPS) is 22.5. The van der Waals surface area contributed by atoms with Gasteiger partial charge in [-0.05, 0) is 50.6 Å². The van der Waals surface area contributed by atoms with Crippen molar-refractivity contribution in [3.8, 4) is 0 Å². The molecule has 0 aliphatic heterocycles. The van der Waals surface area contributed by atoms with Crippen LogP contribution >= 0.6 is 0 Å². The van der Waals surface area contributed by atoms with Crippen LogP contribution in [0.15, 0.2) is 24.4 Å². The van der Waals surface area contributed by atoms with Crippen molar-refractivity contribution in [1.29, 1.82) is 0 Å². The molecular weight excluding hydrogens is 274 g/mol. The Morgan fingerprint density at radius 2 is 2.35 bits per heavy atom. The topological polar surface area (TPSA) is 65.2 Å². The molecule has 0 atom stereocenters. The van der Waals surface area contributed by atoms with Crippen LogP contribution in [0.4, 0.5) is 0 Å². The minimum absolute atomic E-state index is 0.139. The summed E-state index contributed by atoms with van der Waals surface area (Å²) in [6.07, 6.45) is -1.61. The van der Waals surface area contributed by atoms with E-state index in [0.29, 0.717) is 10.4 Å². The Morgan fingerprint density at radius 1 is 1.50 bits per heavy atom. The second-order valence-electron chi connectivity index (χ2n) is 4.24. The van der Waals surface area contributed by atoms with E-state index in [2.05, 4.69) is 4.98 Å². The molecule has 1 heterocycles. The van der Waals surface area contributed by atoms with Crippen LogP contribution in [0.1, 0.15) is 24.8 Å². The molecule has 0 bridgehead atoms. The van der Waals surface area contributed by atoms with Gasteiger partial charge >= 0.3 is 0 Å². The first-order valence-electron chi connectivity index (χ1n) is 10.6. The molecule has 6 heteroatoms. The van der Waals surface area contributed by atoms with Crippen LogP contribution in [0, 0.1) is 0 Å². The Kier molecular flexibility index (Phi) is 1.96. The number of likely N-dealkylation sites (N-methyl/N-ethyl adjacent to an activating group) is 1. The van der Waals surface area contributed by atoms with Crippen molar-refractivity contribution in [2.75, 3.05) is 27.5 Å². The molecule has 0 fully saturated rings. The van der Waals surface area contributed by atoms with Crippen molar-refractivity contribution in [2.24, 2.45) is 0 Å². The van der Waals surface area contributed by atoms with E-state index >= 15 is 0 Å². The fourth-order valence-corrected chi connectivity index (χ4v) is 2.45. The van der Waals surface area contributed by atoms with Gasteiger partial charge in [0, 0.05) is 37.3 Å². The lowest BCUT2D eigenvalue weighted by Crippen LogP contribution is -2.20. The molecule has 20 heavy (non-hydrogen) atoms. The molecule has 0 aliphatic rings. The molecule has 1 aromatic heterocycles. The minimum atomic E-state index is -4.23. The Morgan fingerprint density at radius 3 is 3.10 bits per heavy atom. The number of H-pyrrole nitrogens is 1. The molecular formula is C14H21N3O2S. The highest BCUT2D eigenvalue weighted by Crippen LogP contribution is 2.21. The highest BCUT2D eigenvalue weighted by molar-refractivity contribution is 7.88. The Bertz CT molecular complexity index is 1030. The number of hydrogen-bond acceptors (Lipinski definition) is 3. The molecule has 0 saturated heterocycles. The van der Waals surface area contributed by atoms with Crippen molar-refractivity contribution in [2.45, 2.75) is 12.1 Å². The lowest BCUT2D eigenvalue weighted by atomic mass is 10.1. The fraction of sp³-hybridized carbons (Fsp3) is 0.429. The first kappa shape index (κ1) is 6.60. The molecule has 0 spiro atoms. The zero-order valence-corrected chi connectivity index (χ0v) is 11.5. The summed E-state index contributed by atoms with van der Waals surface area (Å²) in [5.74, 6) is -0.697. The quantitative estimate of drug-likeness (QED) is 0.846. The van der Waals surface area contributed by atoms with Crippen LogP contribution in [0.2, 0.25) is 0 Å². The summed E-state index contributed by atoms with van der Waals surface area (Å²) in [5, 5.41) is 0.143. The van der Waals surface area contributed by atoms with E-state index in [1.165, 1.54) is 24.4 Å². The molecule has 0 radical (unpaired) electrons. The lowest BCUT2D eigenvalue weighted by molar-refractivity contribution is 0.414. The first-order valence-corrected chi connectivity index (χ1v) is 7.29. The molecule has 110 valence electrons. The summed E-state index contributed by atoms with van der Waals surface area (Å²) >= 11 is 0. The van der Waals surface area contributed by atoms with E-state index in [1.54, 1.807) is 4.72 Å². The first-order chi connectivity index (χ1) is 13.3. The highest BCUT2D eigenvalue weighted by atomic mass is 32.2. The second-order valence-corrected chi connectivity index (χ2v) is 5.96. The zero-order valence-electron chi connectivity index (χ0n) is 20.7. The maximum absolute atomic E-state index is 12.0. The predicted octanol–water partition coefficient (Wildman–Crippen LogP) is 1.32. The molecule has 0 amide bonds. The van der Waals surface area contributed by atoms with E-state index in [-0.39, 0.29) is 16.5 Å². The van der Waals surface area contributed by atoms with E-state index in [9.17, 15) is 8.42 Å². The van der Waals surface area contributed by atoms with E-state index in [1.807, 2.05) is 0 Å². The van der Waals surface area contributed by atoms with Crippen molar-refractivity contribution in [3.63, 3.8) is 0 Å². The van der Waals surface area contributed by atoms with E-state index in [0.717, 1.165) is 7.05 Å². The summed E-state index contributed by atoms with van der Waals surface area (Å²) in [7, 11) is -3.28. The largest absolute Gasteiger partial charge is 0.361 e. The van der Waals surface area contributed by atoms with Gasteiger partial charge in [0.15, 0.2) is 0 Å². The lowest BCUT2D eigenvalue weighted by Gasteiger charge is -2.08. The van der Waals surface area contributed by atoms with Gasteiger partial charge in [-0.3, -0.25) is 0 Å². The summed E-state index contributed by atoms with van der Waals surface area (Å²) in [6.45, 7) is -8.75. The smallest absolute Gasteiger partial charge is 0.215 e. The van der Waals surface area contributed by atoms with Gasteiger partial charge in [-0.1, -0.05) is 6.07 Å². The molecule has 2 N–H and O–H groups in total. The van der Waals surface area contributed by atoms with Crippen LogP contribution in [0.25, 0.3) is 10.9 Å². The fourth-order valence-electron chi connectivity index (χ4n) is 1.76. The monoisotopic (exact) mass is 305 g/mol. The Balaban J connectivity index is 2.51. The molecule has 0 unspecified atom stereocenters. The van der Waals surface area contributed by atoms with Gasteiger partial charge in [0.1, 0.15) is 0 Å². The second kappa shape index (κ2) is 5.95. The minimum Gasteiger partial charge on any atom is -0.361 e. The molecule has 0 aliphatic carbocycles. The number of fused-ring (bicyclic) bond motifs is 1. The number of aromatic nitrogens is 1. The Hall–Kier alpha value is -1.37. The molecule has 2 aromatic rings. The number of sulfonamides is 1. The van der Waals surface area contributed by atoms with Crippen molar-refractivity contribution >= 4 is 20.9 Å². The summed E-state index contributed by atoms with van der Waals surface area (Å²) < 4.78 is 102. The number of aromatic amines is 1. The molecule has 1 aromatic carbocycles. The molecule has 2 rings (SSSR count). The average molecular weight is 305 g/mol. The van der Waals surface area contributed by atoms with Crippen molar-refractivity contribution < 1.29 is 22.1 Å².